The van der Waals surface area contributed by atoms with E-state index in [-0.39, 0.29) is 12.5 Å². The number of fused-ring (bicyclic) bond motifs is 1. The van der Waals surface area contributed by atoms with Gasteiger partial charge in [0.05, 0.1) is 12.1 Å². The SMILES string of the molecule is CN(CC(=O)NCc1ccc2c(c1)CCCN2C)c1ccc(C#N)cn1. The monoisotopic (exact) mass is 349 g/mol. The van der Waals surface area contributed by atoms with Gasteiger partial charge in [0.2, 0.25) is 5.91 Å². The molecule has 1 aliphatic rings. The van der Waals surface area contributed by atoms with Crippen LogP contribution in [0.15, 0.2) is 36.5 Å². The van der Waals surface area contributed by atoms with Crippen molar-refractivity contribution in [3.8, 4) is 6.07 Å². The predicted octanol–water partition coefficient (Wildman–Crippen LogP) is 2.09. The number of anilines is 2. The predicted molar refractivity (Wildman–Crippen MR) is 102 cm³/mol. The lowest BCUT2D eigenvalue weighted by Crippen LogP contribution is -2.35. The summed E-state index contributed by atoms with van der Waals surface area (Å²) < 4.78 is 0. The zero-order valence-electron chi connectivity index (χ0n) is 15.2. The molecule has 0 unspecified atom stereocenters. The summed E-state index contributed by atoms with van der Waals surface area (Å²) in [6.07, 6.45) is 3.77. The zero-order chi connectivity index (χ0) is 18.5. The molecule has 0 spiro atoms. The first-order chi connectivity index (χ1) is 12.6. The summed E-state index contributed by atoms with van der Waals surface area (Å²) >= 11 is 0. The van der Waals surface area contributed by atoms with Gasteiger partial charge < -0.3 is 15.1 Å². The van der Waals surface area contributed by atoms with Crippen molar-refractivity contribution in [1.29, 1.82) is 5.26 Å². The Morgan fingerprint density at radius 1 is 1.38 bits per heavy atom. The van der Waals surface area contributed by atoms with E-state index in [1.165, 1.54) is 23.9 Å². The molecule has 2 aromatic rings. The Hall–Kier alpha value is -3.07. The number of benzene rings is 1. The van der Waals surface area contributed by atoms with Crippen LogP contribution in [0.3, 0.4) is 0 Å². The standard InChI is InChI=1S/C20H23N5O/c1-24-9-3-4-17-10-15(5-7-18(17)24)12-23-20(26)14-25(2)19-8-6-16(11-21)13-22-19/h5-8,10,13H,3-4,9,12,14H2,1-2H3,(H,23,26). The van der Waals surface area contributed by atoms with Gasteiger partial charge in [0, 0.05) is 39.1 Å². The fraction of sp³-hybridized carbons (Fsp3) is 0.350. The molecule has 0 aliphatic carbocycles. The molecule has 1 aromatic carbocycles. The first-order valence-corrected chi connectivity index (χ1v) is 8.74. The average molecular weight is 349 g/mol. The first kappa shape index (κ1) is 17.7. The number of aryl methyl sites for hydroxylation is 1. The molecule has 2 heterocycles. The van der Waals surface area contributed by atoms with Crippen molar-refractivity contribution < 1.29 is 4.79 Å². The number of carbonyl (C=O) groups excluding carboxylic acids is 1. The van der Waals surface area contributed by atoms with Crippen molar-refractivity contribution in [3.05, 3.63) is 53.2 Å². The quantitative estimate of drug-likeness (QED) is 0.895. The molecule has 1 aliphatic heterocycles. The smallest absolute Gasteiger partial charge is 0.239 e. The van der Waals surface area contributed by atoms with Crippen LogP contribution in [-0.4, -0.2) is 38.1 Å². The molecular weight excluding hydrogens is 326 g/mol. The summed E-state index contributed by atoms with van der Waals surface area (Å²) in [5, 5.41) is 11.8. The van der Waals surface area contributed by atoms with E-state index in [2.05, 4.69) is 40.4 Å². The number of amides is 1. The van der Waals surface area contributed by atoms with Gasteiger partial charge >= 0.3 is 0 Å². The summed E-state index contributed by atoms with van der Waals surface area (Å²) in [4.78, 5) is 20.5. The largest absolute Gasteiger partial charge is 0.374 e. The van der Waals surface area contributed by atoms with Crippen molar-refractivity contribution in [1.82, 2.24) is 10.3 Å². The van der Waals surface area contributed by atoms with E-state index in [9.17, 15) is 4.79 Å². The third kappa shape index (κ3) is 4.12. The minimum atomic E-state index is -0.0616. The maximum Gasteiger partial charge on any atom is 0.239 e. The van der Waals surface area contributed by atoms with Gasteiger partial charge in [0.1, 0.15) is 11.9 Å². The van der Waals surface area contributed by atoms with Crippen molar-refractivity contribution in [3.63, 3.8) is 0 Å². The summed E-state index contributed by atoms with van der Waals surface area (Å²) in [5.74, 6) is 0.601. The van der Waals surface area contributed by atoms with E-state index in [4.69, 9.17) is 5.26 Å². The second-order valence-corrected chi connectivity index (χ2v) is 6.64. The number of nitrogens with one attached hydrogen (secondary N) is 1. The number of carbonyl (C=O) groups is 1. The molecule has 26 heavy (non-hydrogen) atoms. The van der Waals surface area contributed by atoms with Crippen molar-refractivity contribution >= 4 is 17.4 Å². The molecule has 0 saturated carbocycles. The molecule has 1 aromatic heterocycles. The van der Waals surface area contributed by atoms with E-state index in [1.54, 1.807) is 17.0 Å². The van der Waals surface area contributed by atoms with Crippen LogP contribution >= 0.6 is 0 Å². The number of rotatable bonds is 5. The highest BCUT2D eigenvalue weighted by Gasteiger charge is 2.14. The van der Waals surface area contributed by atoms with Crippen molar-refractivity contribution in [2.45, 2.75) is 19.4 Å². The van der Waals surface area contributed by atoms with Crippen LogP contribution in [0.25, 0.3) is 0 Å². The van der Waals surface area contributed by atoms with Crippen molar-refractivity contribution in [2.75, 3.05) is 37.0 Å². The highest BCUT2D eigenvalue weighted by atomic mass is 16.2. The third-order valence-electron chi connectivity index (χ3n) is 4.63. The molecule has 6 nitrogen and oxygen atoms in total. The van der Waals surface area contributed by atoms with Gasteiger partial charge in [-0.25, -0.2) is 4.98 Å². The summed E-state index contributed by atoms with van der Waals surface area (Å²) in [6, 6.07) is 11.9. The first-order valence-electron chi connectivity index (χ1n) is 8.74. The Kier molecular flexibility index (Phi) is 5.37. The van der Waals surface area contributed by atoms with Gasteiger partial charge in [-0.05, 0) is 42.2 Å². The molecular formula is C20H23N5O. The number of likely N-dealkylation sites (N-methyl/N-ethyl adjacent to an activating group) is 1. The Balaban J connectivity index is 1.54. The maximum atomic E-state index is 12.2. The molecule has 0 atom stereocenters. The molecule has 0 saturated heterocycles. The lowest BCUT2D eigenvalue weighted by atomic mass is 9.99. The summed E-state index contributed by atoms with van der Waals surface area (Å²) in [7, 11) is 3.93. The molecule has 0 radical (unpaired) electrons. The normalized spacial score (nSPS) is 12.9. The Labute approximate surface area is 154 Å². The number of hydrogen-bond acceptors (Lipinski definition) is 5. The molecule has 1 N–H and O–H groups in total. The minimum absolute atomic E-state index is 0.0616. The van der Waals surface area contributed by atoms with E-state index >= 15 is 0 Å². The van der Waals surface area contributed by atoms with Gasteiger partial charge in [-0.1, -0.05) is 12.1 Å². The Morgan fingerprint density at radius 3 is 2.96 bits per heavy atom. The van der Waals surface area contributed by atoms with Gasteiger partial charge in [0.15, 0.2) is 0 Å². The second kappa shape index (κ2) is 7.87. The number of nitriles is 1. The van der Waals surface area contributed by atoms with Crippen LogP contribution in [0, 0.1) is 11.3 Å². The number of nitrogens with zero attached hydrogens (tertiary/aromatic N) is 4. The highest BCUT2D eigenvalue weighted by molar-refractivity contribution is 5.80. The van der Waals surface area contributed by atoms with E-state index in [0.29, 0.717) is 17.9 Å². The molecule has 6 heteroatoms. The fourth-order valence-electron chi connectivity index (χ4n) is 3.18. The van der Waals surface area contributed by atoms with E-state index < -0.39 is 0 Å². The van der Waals surface area contributed by atoms with Crippen LogP contribution in [0.1, 0.15) is 23.1 Å². The fourth-order valence-corrected chi connectivity index (χ4v) is 3.18. The third-order valence-corrected chi connectivity index (χ3v) is 4.63. The van der Waals surface area contributed by atoms with Crippen LogP contribution in [-0.2, 0) is 17.8 Å². The van der Waals surface area contributed by atoms with Crippen LogP contribution in [0.4, 0.5) is 11.5 Å². The summed E-state index contributed by atoms with van der Waals surface area (Å²) in [6.45, 7) is 1.83. The van der Waals surface area contributed by atoms with Crippen LogP contribution < -0.4 is 15.1 Å². The topological polar surface area (TPSA) is 72.3 Å². The molecule has 0 fully saturated rings. The minimum Gasteiger partial charge on any atom is -0.374 e. The van der Waals surface area contributed by atoms with E-state index in [0.717, 1.165) is 18.5 Å². The van der Waals surface area contributed by atoms with Crippen LogP contribution in [0.5, 0.6) is 0 Å². The molecule has 3 rings (SSSR count). The molecule has 1 amide bonds. The Morgan fingerprint density at radius 2 is 2.23 bits per heavy atom. The molecule has 134 valence electrons. The lowest BCUT2D eigenvalue weighted by Gasteiger charge is -2.27. The lowest BCUT2D eigenvalue weighted by molar-refractivity contribution is -0.119. The zero-order valence-corrected chi connectivity index (χ0v) is 15.2. The summed E-state index contributed by atoms with van der Waals surface area (Å²) in [5.41, 5.74) is 4.26. The van der Waals surface area contributed by atoms with Gasteiger partial charge in [-0.3, -0.25) is 4.79 Å². The van der Waals surface area contributed by atoms with Gasteiger partial charge in [0.25, 0.3) is 0 Å². The van der Waals surface area contributed by atoms with Gasteiger partial charge in [-0.15, -0.1) is 0 Å². The number of aromatic nitrogens is 1. The number of pyridine rings is 1. The average Bonchev–Trinajstić information content (AvgIpc) is 2.66. The molecule has 0 bridgehead atoms. The Bertz CT molecular complexity index is 825. The van der Waals surface area contributed by atoms with Crippen LogP contribution in [0.2, 0.25) is 0 Å². The van der Waals surface area contributed by atoms with E-state index in [1.807, 2.05) is 13.1 Å². The second-order valence-electron chi connectivity index (χ2n) is 6.64. The highest BCUT2D eigenvalue weighted by Crippen LogP contribution is 2.26. The van der Waals surface area contributed by atoms with Crippen molar-refractivity contribution in [2.24, 2.45) is 0 Å². The number of hydrogen-bond donors (Lipinski definition) is 1. The maximum absolute atomic E-state index is 12.2. The van der Waals surface area contributed by atoms with Gasteiger partial charge in [-0.2, -0.15) is 5.26 Å².